The lowest BCUT2D eigenvalue weighted by Crippen LogP contribution is -2.41. The average Bonchev–Trinajstić information content (AvgIpc) is 3.06. The van der Waals surface area contributed by atoms with E-state index in [1.165, 1.54) is 17.0 Å². The normalized spacial score (nSPS) is 13.1. The number of hydrogen-bond acceptors (Lipinski definition) is 5. The second-order valence-corrected chi connectivity index (χ2v) is 8.54. The van der Waals surface area contributed by atoms with E-state index < -0.39 is 15.9 Å². The van der Waals surface area contributed by atoms with Gasteiger partial charge in [-0.1, -0.05) is 37.3 Å². The van der Waals surface area contributed by atoms with Crippen LogP contribution >= 0.6 is 11.3 Å². The largest absolute Gasteiger partial charge is 0.365 e. The number of hydrogen-bond donors (Lipinski definition) is 2. The van der Waals surface area contributed by atoms with Gasteiger partial charge in [-0.15, -0.1) is 11.3 Å². The van der Waals surface area contributed by atoms with Crippen molar-refractivity contribution in [2.24, 2.45) is 5.73 Å². The fourth-order valence-corrected chi connectivity index (χ4v) is 4.90. The summed E-state index contributed by atoms with van der Waals surface area (Å²) in [7, 11) is -1.72. The zero-order valence-electron chi connectivity index (χ0n) is 14.3. The number of likely N-dealkylation sites (N-methyl/N-ethyl adjacent to an activating group) is 1. The third kappa shape index (κ3) is 5.64. The predicted molar refractivity (Wildman–Crippen MR) is 100 cm³/mol. The number of rotatable bonds is 9. The van der Waals surface area contributed by atoms with Gasteiger partial charge >= 0.3 is 0 Å². The number of nitrogens with one attached hydrogen (secondary N) is 1. The number of thiophene rings is 1. The number of amides is 1. The van der Waals surface area contributed by atoms with E-state index in [-0.39, 0.29) is 15.8 Å². The summed E-state index contributed by atoms with van der Waals surface area (Å²) in [5, 5.41) is 1.43. The van der Waals surface area contributed by atoms with Crippen LogP contribution in [-0.2, 0) is 16.6 Å². The molecule has 1 heterocycles. The molecule has 0 aliphatic heterocycles. The molecule has 0 radical (unpaired) electrons. The number of sulfonamides is 1. The number of primary amides is 1. The van der Waals surface area contributed by atoms with Gasteiger partial charge in [0.05, 0.1) is 9.77 Å². The van der Waals surface area contributed by atoms with Crippen molar-refractivity contribution in [2.45, 2.75) is 30.8 Å². The van der Waals surface area contributed by atoms with Crippen molar-refractivity contribution >= 4 is 27.3 Å². The summed E-state index contributed by atoms with van der Waals surface area (Å²) in [6.07, 6.45) is 0.658. The number of nitrogens with two attached hydrogens (primary N) is 1. The van der Waals surface area contributed by atoms with E-state index in [0.717, 1.165) is 17.9 Å². The minimum Gasteiger partial charge on any atom is -0.365 e. The third-order valence-electron chi connectivity index (χ3n) is 3.77. The van der Waals surface area contributed by atoms with Gasteiger partial charge in [0.15, 0.2) is 0 Å². The summed E-state index contributed by atoms with van der Waals surface area (Å²) in [6.45, 7) is 3.26. The molecule has 0 saturated heterocycles. The highest BCUT2D eigenvalue weighted by atomic mass is 32.2. The molecule has 0 bridgehead atoms. The van der Waals surface area contributed by atoms with Gasteiger partial charge in [0.25, 0.3) is 5.91 Å². The molecule has 0 aliphatic carbocycles. The van der Waals surface area contributed by atoms with E-state index in [9.17, 15) is 13.2 Å². The molecule has 1 atom stereocenters. The van der Waals surface area contributed by atoms with Gasteiger partial charge in [0.1, 0.15) is 0 Å². The first-order chi connectivity index (χ1) is 11.8. The first-order valence-electron chi connectivity index (χ1n) is 7.95. The van der Waals surface area contributed by atoms with Gasteiger partial charge in [-0.25, -0.2) is 13.1 Å². The van der Waals surface area contributed by atoms with E-state index in [1.54, 1.807) is 0 Å². The summed E-state index contributed by atoms with van der Waals surface area (Å²) in [5.41, 5.74) is 6.36. The van der Waals surface area contributed by atoms with Crippen molar-refractivity contribution in [1.82, 2.24) is 9.62 Å². The molecule has 8 heteroatoms. The molecule has 3 N–H and O–H groups in total. The Kier molecular flexibility index (Phi) is 6.71. The molecule has 25 heavy (non-hydrogen) atoms. The van der Waals surface area contributed by atoms with Crippen molar-refractivity contribution in [1.29, 1.82) is 0 Å². The standard InChI is InChI=1S/C17H23N3O3S2/c1-3-14(11-20(2)10-13-7-5-4-6-8-13)19-25(22,23)15-9-16(17(18)21)24-12-15/h4-9,12,14,19H,3,10-11H2,1-2H3,(H2,18,21). The Morgan fingerprint density at radius 3 is 2.56 bits per heavy atom. The predicted octanol–water partition coefficient (Wildman–Crippen LogP) is 2.04. The lowest BCUT2D eigenvalue weighted by molar-refractivity contribution is 0.100. The van der Waals surface area contributed by atoms with Crippen LogP contribution in [0.4, 0.5) is 0 Å². The quantitative estimate of drug-likeness (QED) is 0.695. The van der Waals surface area contributed by atoms with Crippen molar-refractivity contribution in [3.05, 3.63) is 52.2 Å². The van der Waals surface area contributed by atoms with Crippen LogP contribution in [0.5, 0.6) is 0 Å². The highest BCUT2D eigenvalue weighted by molar-refractivity contribution is 7.89. The number of nitrogens with zero attached hydrogens (tertiary/aromatic N) is 1. The molecular formula is C17H23N3O3S2. The lowest BCUT2D eigenvalue weighted by atomic mass is 10.2. The van der Waals surface area contributed by atoms with Crippen LogP contribution < -0.4 is 10.5 Å². The molecule has 2 aromatic rings. The van der Waals surface area contributed by atoms with Gasteiger partial charge in [-0.05, 0) is 25.1 Å². The molecule has 0 aliphatic rings. The van der Waals surface area contributed by atoms with Gasteiger partial charge in [0.2, 0.25) is 10.0 Å². The van der Waals surface area contributed by atoms with Crippen LogP contribution in [0.2, 0.25) is 0 Å². The van der Waals surface area contributed by atoms with Crippen LogP contribution in [0.1, 0.15) is 28.6 Å². The van der Waals surface area contributed by atoms with Gasteiger partial charge < -0.3 is 10.6 Å². The topological polar surface area (TPSA) is 92.5 Å². The van der Waals surface area contributed by atoms with Gasteiger partial charge in [0, 0.05) is 24.5 Å². The number of benzene rings is 1. The number of carbonyl (C=O) groups excluding carboxylic acids is 1. The summed E-state index contributed by atoms with van der Waals surface area (Å²) >= 11 is 1.03. The molecule has 6 nitrogen and oxygen atoms in total. The molecule has 1 unspecified atom stereocenters. The monoisotopic (exact) mass is 381 g/mol. The minimum atomic E-state index is -3.68. The Hall–Kier alpha value is -1.74. The van der Waals surface area contributed by atoms with Crippen molar-refractivity contribution in [3.63, 3.8) is 0 Å². The van der Waals surface area contributed by atoms with Crippen LogP contribution in [0.15, 0.2) is 46.7 Å². The maximum absolute atomic E-state index is 12.5. The SMILES string of the molecule is CCC(CN(C)Cc1ccccc1)NS(=O)(=O)c1csc(C(N)=O)c1. The second-order valence-electron chi connectivity index (χ2n) is 5.92. The molecule has 1 amide bonds. The maximum atomic E-state index is 12.5. The molecule has 136 valence electrons. The Morgan fingerprint density at radius 1 is 1.32 bits per heavy atom. The van der Waals surface area contributed by atoms with Crippen LogP contribution in [0, 0.1) is 0 Å². The van der Waals surface area contributed by atoms with Crippen molar-refractivity contribution < 1.29 is 13.2 Å². The second kappa shape index (κ2) is 8.57. The molecule has 0 spiro atoms. The summed E-state index contributed by atoms with van der Waals surface area (Å²) < 4.78 is 27.7. The fraction of sp³-hybridized carbons (Fsp3) is 0.353. The first kappa shape index (κ1) is 19.6. The first-order valence-corrected chi connectivity index (χ1v) is 10.3. The minimum absolute atomic E-state index is 0.0791. The highest BCUT2D eigenvalue weighted by Crippen LogP contribution is 2.19. The molecule has 0 fully saturated rings. The molecule has 0 saturated carbocycles. The van der Waals surface area contributed by atoms with E-state index in [4.69, 9.17) is 5.73 Å². The van der Waals surface area contributed by atoms with E-state index in [1.807, 2.05) is 44.3 Å². The Bertz CT molecular complexity index is 804. The Morgan fingerprint density at radius 2 is 2.00 bits per heavy atom. The van der Waals surface area contributed by atoms with E-state index >= 15 is 0 Å². The average molecular weight is 382 g/mol. The van der Waals surface area contributed by atoms with Crippen molar-refractivity contribution in [3.8, 4) is 0 Å². The smallest absolute Gasteiger partial charge is 0.258 e. The van der Waals surface area contributed by atoms with Crippen LogP contribution in [-0.4, -0.2) is 38.9 Å². The summed E-state index contributed by atoms with van der Waals surface area (Å²) in [6, 6.07) is 11.1. The lowest BCUT2D eigenvalue weighted by Gasteiger charge is -2.24. The highest BCUT2D eigenvalue weighted by Gasteiger charge is 2.22. The zero-order chi connectivity index (χ0) is 18.4. The Balaban J connectivity index is 2.01. The van der Waals surface area contributed by atoms with E-state index in [2.05, 4.69) is 9.62 Å². The molecule has 1 aromatic heterocycles. The van der Waals surface area contributed by atoms with Gasteiger partial charge in [-0.2, -0.15) is 0 Å². The fourth-order valence-electron chi connectivity index (χ4n) is 2.46. The third-order valence-corrected chi connectivity index (χ3v) is 6.36. The number of carbonyl (C=O) groups is 1. The van der Waals surface area contributed by atoms with Crippen LogP contribution in [0.3, 0.4) is 0 Å². The summed E-state index contributed by atoms with van der Waals surface area (Å²) in [5.74, 6) is -0.624. The molecule has 1 aromatic carbocycles. The Labute approximate surface area is 152 Å². The molecule has 2 rings (SSSR count). The van der Waals surface area contributed by atoms with E-state index in [0.29, 0.717) is 13.0 Å². The van der Waals surface area contributed by atoms with Crippen molar-refractivity contribution in [2.75, 3.05) is 13.6 Å². The summed E-state index contributed by atoms with van der Waals surface area (Å²) in [4.78, 5) is 13.5. The molecular weight excluding hydrogens is 358 g/mol. The van der Waals surface area contributed by atoms with Crippen LogP contribution in [0.25, 0.3) is 0 Å². The van der Waals surface area contributed by atoms with Gasteiger partial charge in [-0.3, -0.25) is 4.79 Å². The zero-order valence-corrected chi connectivity index (χ0v) is 15.9. The maximum Gasteiger partial charge on any atom is 0.258 e.